The third-order valence-electron chi connectivity index (χ3n) is 5.16. The highest BCUT2D eigenvalue weighted by Gasteiger charge is 2.22. The van der Waals surface area contributed by atoms with E-state index in [4.69, 9.17) is 11.6 Å². The van der Waals surface area contributed by atoms with Gasteiger partial charge in [0.1, 0.15) is 5.75 Å². The van der Waals surface area contributed by atoms with E-state index in [1.807, 2.05) is 60.7 Å². The van der Waals surface area contributed by atoms with Gasteiger partial charge in [-0.1, -0.05) is 84.4 Å². The van der Waals surface area contributed by atoms with Gasteiger partial charge >= 0.3 is 0 Å². The highest BCUT2D eigenvalue weighted by molar-refractivity contribution is 6.30. The summed E-state index contributed by atoms with van der Waals surface area (Å²) < 4.78 is 0. The van der Waals surface area contributed by atoms with Gasteiger partial charge in [-0.3, -0.25) is 5.32 Å². The van der Waals surface area contributed by atoms with E-state index in [9.17, 15) is 5.11 Å². The second-order valence-electron chi connectivity index (χ2n) is 7.00. The molecule has 2 atom stereocenters. The summed E-state index contributed by atoms with van der Waals surface area (Å²) in [6.45, 7) is 2.14. The van der Waals surface area contributed by atoms with Crippen LogP contribution in [-0.2, 0) is 0 Å². The Morgan fingerprint density at radius 1 is 0.750 bits per heavy atom. The van der Waals surface area contributed by atoms with Crippen LogP contribution < -0.4 is 5.32 Å². The third kappa shape index (κ3) is 3.75. The van der Waals surface area contributed by atoms with Gasteiger partial charge in [-0.25, -0.2) is 0 Å². The molecule has 3 heteroatoms. The van der Waals surface area contributed by atoms with E-state index in [-0.39, 0.29) is 17.8 Å². The van der Waals surface area contributed by atoms with Crippen LogP contribution in [0.4, 0.5) is 0 Å². The lowest BCUT2D eigenvalue weighted by atomic mass is 9.91. The Kier molecular flexibility index (Phi) is 5.34. The molecule has 0 aliphatic heterocycles. The number of aromatic hydroxyl groups is 1. The number of halogens is 1. The molecule has 0 fully saturated rings. The molecule has 28 heavy (non-hydrogen) atoms. The first kappa shape index (κ1) is 18.5. The summed E-state index contributed by atoms with van der Waals surface area (Å²) in [5, 5.41) is 17.4. The number of hydrogen-bond donors (Lipinski definition) is 2. The fourth-order valence-electron chi connectivity index (χ4n) is 3.68. The van der Waals surface area contributed by atoms with Gasteiger partial charge in [0.25, 0.3) is 0 Å². The van der Waals surface area contributed by atoms with Crippen LogP contribution in [0.3, 0.4) is 0 Å². The predicted molar refractivity (Wildman–Crippen MR) is 117 cm³/mol. The molecule has 0 spiro atoms. The number of rotatable bonds is 5. The van der Waals surface area contributed by atoms with E-state index in [0.29, 0.717) is 5.02 Å². The SMILES string of the molecule is C[C@@H](N[C@H](c1ccc(Cl)cc1)c1c(O)ccc2ccccc12)c1ccccc1. The summed E-state index contributed by atoms with van der Waals surface area (Å²) >= 11 is 6.12. The second kappa shape index (κ2) is 8.05. The molecule has 2 N–H and O–H groups in total. The average molecular weight is 388 g/mol. The van der Waals surface area contributed by atoms with Crippen molar-refractivity contribution in [3.63, 3.8) is 0 Å². The Hall–Kier alpha value is -2.81. The first-order chi connectivity index (χ1) is 13.6. The number of hydrogen-bond acceptors (Lipinski definition) is 2. The molecule has 0 unspecified atom stereocenters. The maximum absolute atomic E-state index is 10.8. The van der Waals surface area contributed by atoms with Gasteiger partial charge in [-0.15, -0.1) is 0 Å². The lowest BCUT2D eigenvalue weighted by molar-refractivity contribution is 0.449. The molecule has 4 rings (SSSR count). The van der Waals surface area contributed by atoms with Gasteiger partial charge in [-0.05, 0) is 47.0 Å². The van der Waals surface area contributed by atoms with Crippen molar-refractivity contribution in [1.29, 1.82) is 0 Å². The molecular formula is C25H22ClNO. The number of benzene rings is 4. The topological polar surface area (TPSA) is 32.3 Å². The van der Waals surface area contributed by atoms with Gasteiger partial charge in [0.2, 0.25) is 0 Å². The molecule has 0 radical (unpaired) electrons. The molecule has 0 bridgehead atoms. The molecule has 0 aromatic heterocycles. The van der Waals surface area contributed by atoms with Crippen LogP contribution in [0.2, 0.25) is 5.02 Å². The van der Waals surface area contributed by atoms with Gasteiger partial charge < -0.3 is 5.11 Å². The van der Waals surface area contributed by atoms with Crippen LogP contribution in [0.5, 0.6) is 5.75 Å². The van der Waals surface area contributed by atoms with E-state index in [2.05, 4.69) is 36.5 Å². The molecule has 4 aromatic rings. The van der Waals surface area contributed by atoms with Gasteiger partial charge in [0.05, 0.1) is 6.04 Å². The Bertz CT molecular complexity index is 1080. The maximum atomic E-state index is 10.8. The summed E-state index contributed by atoms with van der Waals surface area (Å²) in [6, 6.07) is 29.9. The zero-order valence-electron chi connectivity index (χ0n) is 15.6. The molecule has 0 amide bonds. The highest BCUT2D eigenvalue weighted by atomic mass is 35.5. The Morgan fingerprint density at radius 2 is 1.43 bits per heavy atom. The van der Waals surface area contributed by atoms with E-state index in [1.165, 1.54) is 5.56 Å². The standard InChI is InChI=1S/C25H22ClNO/c1-17(18-7-3-2-4-8-18)27-25(20-11-14-21(26)15-12-20)24-22-10-6-5-9-19(22)13-16-23(24)28/h2-17,25,27-28H,1H3/t17-,25-/m1/s1. The lowest BCUT2D eigenvalue weighted by Gasteiger charge is -2.26. The predicted octanol–water partition coefficient (Wildman–Crippen LogP) is 6.64. The summed E-state index contributed by atoms with van der Waals surface area (Å²) in [6.07, 6.45) is 0. The third-order valence-corrected chi connectivity index (χ3v) is 5.41. The second-order valence-corrected chi connectivity index (χ2v) is 7.44. The summed E-state index contributed by atoms with van der Waals surface area (Å²) in [5.74, 6) is 0.284. The molecule has 2 nitrogen and oxygen atoms in total. The van der Waals surface area contributed by atoms with E-state index in [1.54, 1.807) is 6.07 Å². The van der Waals surface area contributed by atoms with Crippen LogP contribution in [0.25, 0.3) is 10.8 Å². The summed E-state index contributed by atoms with van der Waals surface area (Å²) in [5.41, 5.74) is 3.13. The summed E-state index contributed by atoms with van der Waals surface area (Å²) in [4.78, 5) is 0. The van der Waals surface area contributed by atoms with Crippen molar-refractivity contribution in [1.82, 2.24) is 5.32 Å². The fraction of sp³-hybridized carbons (Fsp3) is 0.120. The van der Waals surface area contributed by atoms with Crippen LogP contribution >= 0.6 is 11.6 Å². The Balaban J connectivity index is 1.84. The van der Waals surface area contributed by atoms with Crippen molar-refractivity contribution in [2.75, 3.05) is 0 Å². The molecular weight excluding hydrogens is 366 g/mol. The summed E-state index contributed by atoms with van der Waals surface area (Å²) in [7, 11) is 0. The van der Waals surface area contributed by atoms with Crippen molar-refractivity contribution < 1.29 is 5.11 Å². The van der Waals surface area contributed by atoms with Crippen LogP contribution in [-0.4, -0.2) is 5.11 Å². The van der Waals surface area contributed by atoms with Gasteiger partial charge in [0.15, 0.2) is 0 Å². The van der Waals surface area contributed by atoms with Crippen molar-refractivity contribution in [3.05, 3.63) is 113 Å². The van der Waals surface area contributed by atoms with Gasteiger partial charge in [0, 0.05) is 16.6 Å². The largest absolute Gasteiger partial charge is 0.508 e. The number of phenols is 1. The Morgan fingerprint density at radius 3 is 2.18 bits per heavy atom. The van der Waals surface area contributed by atoms with Gasteiger partial charge in [-0.2, -0.15) is 0 Å². The average Bonchev–Trinajstić information content (AvgIpc) is 2.73. The Labute approximate surface area is 170 Å². The zero-order valence-corrected chi connectivity index (χ0v) is 16.4. The van der Waals surface area contributed by atoms with Crippen LogP contribution in [0.1, 0.15) is 35.7 Å². The van der Waals surface area contributed by atoms with E-state index < -0.39 is 0 Å². The van der Waals surface area contributed by atoms with Crippen molar-refractivity contribution >= 4 is 22.4 Å². The van der Waals surface area contributed by atoms with Crippen molar-refractivity contribution in [2.24, 2.45) is 0 Å². The molecule has 0 aliphatic carbocycles. The fourth-order valence-corrected chi connectivity index (χ4v) is 3.80. The lowest BCUT2D eigenvalue weighted by Crippen LogP contribution is -2.26. The van der Waals surface area contributed by atoms with Crippen molar-refractivity contribution in [2.45, 2.75) is 19.0 Å². The molecule has 0 heterocycles. The van der Waals surface area contributed by atoms with Crippen LogP contribution in [0.15, 0.2) is 91.0 Å². The monoisotopic (exact) mass is 387 g/mol. The number of nitrogens with one attached hydrogen (secondary N) is 1. The minimum absolute atomic E-state index is 0.0975. The quantitative estimate of drug-likeness (QED) is 0.402. The highest BCUT2D eigenvalue weighted by Crippen LogP contribution is 2.37. The van der Waals surface area contributed by atoms with Crippen molar-refractivity contribution in [3.8, 4) is 5.75 Å². The van der Waals surface area contributed by atoms with Crippen LogP contribution in [0, 0.1) is 0 Å². The maximum Gasteiger partial charge on any atom is 0.121 e. The smallest absolute Gasteiger partial charge is 0.121 e. The molecule has 0 saturated carbocycles. The minimum Gasteiger partial charge on any atom is -0.508 e. The zero-order chi connectivity index (χ0) is 19.5. The van der Waals surface area contributed by atoms with E-state index >= 15 is 0 Å². The number of fused-ring (bicyclic) bond motifs is 1. The first-order valence-corrected chi connectivity index (χ1v) is 9.78. The molecule has 140 valence electrons. The molecule has 4 aromatic carbocycles. The number of phenolic OH excluding ortho intramolecular Hbond substituents is 1. The molecule has 0 aliphatic rings. The minimum atomic E-state index is -0.182. The normalized spacial score (nSPS) is 13.4. The first-order valence-electron chi connectivity index (χ1n) is 9.40. The molecule has 0 saturated heterocycles. The van der Waals surface area contributed by atoms with E-state index in [0.717, 1.165) is 21.9 Å².